The van der Waals surface area contributed by atoms with E-state index in [1.807, 2.05) is 18.2 Å². The lowest BCUT2D eigenvalue weighted by Crippen LogP contribution is -2.43. The standard InChI is InChI=1S/C23H24ClN3O5S/c1-15-22(16(2)32-26-15)33(29,30)27-12-6-7-17(14-27)23(28)25-20-13-18(24)10-11-21(20)31-19-8-4-3-5-9-19/h3-5,8-11,13,17H,6-7,12,14H2,1-2H3,(H,25,28). The quantitative estimate of drug-likeness (QED) is 0.534. The number of aromatic nitrogens is 1. The summed E-state index contributed by atoms with van der Waals surface area (Å²) < 4.78 is 38.6. The Labute approximate surface area is 197 Å². The predicted octanol–water partition coefficient (Wildman–Crippen LogP) is 4.78. The predicted molar refractivity (Wildman–Crippen MR) is 124 cm³/mol. The number of amides is 1. The van der Waals surface area contributed by atoms with Crippen molar-refractivity contribution in [3.63, 3.8) is 0 Å². The first-order chi connectivity index (χ1) is 15.8. The third kappa shape index (κ3) is 5.05. The number of nitrogens with one attached hydrogen (secondary N) is 1. The summed E-state index contributed by atoms with van der Waals surface area (Å²) in [5.74, 6) is 0.465. The highest BCUT2D eigenvalue weighted by Gasteiger charge is 2.36. The van der Waals surface area contributed by atoms with Crippen molar-refractivity contribution in [2.75, 3.05) is 18.4 Å². The second-order valence-electron chi connectivity index (χ2n) is 7.90. The van der Waals surface area contributed by atoms with Crippen LogP contribution in [0.1, 0.15) is 24.3 Å². The molecule has 1 aliphatic heterocycles. The maximum Gasteiger partial charge on any atom is 0.248 e. The van der Waals surface area contributed by atoms with Gasteiger partial charge in [0.15, 0.2) is 11.5 Å². The molecule has 1 N–H and O–H groups in total. The topological polar surface area (TPSA) is 102 Å². The van der Waals surface area contributed by atoms with Gasteiger partial charge in [-0.3, -0.25) is 4.79 Å². The van der Waals surface area contributed by atoms with Gasteiger partial charge in [-0.2, -0.15) is 4.31 Å². The van der Waals surface area contributed by atoms with E-state index in [0.29, 0.717) is 47.3 Å². The molecule has 1 amide bonds. The Balaban J connectivity index is 1.52. The van der Waals surface area contributed by atoms with Gasteiger partial charge in [-0.25, -0.2) is 8.42 Å². The van der Waals surface area contributed by atoms with Crippen LogP contribution in [-0.4, -0.2) is 36.9 Å². The third-order valence-electron chi connectivity index (χ3n) is 5.49. The van der Waals surface area contributed by atoms with Crippen molar-refractivity contribution in [3.05, 3.63) is 65.0 Å². The van der Waals surface area contributed by atoms with Crippen LogP contribution in [0.25, 0.3) is 0 Å². The minimum atomic E-state index is -3.82. The molecule has 1 aromatic heterocycles. The van der Waals surface area contributed by atoms with Gasteiger partial charge < -0.3 is 14.6 Å². The third-order valence-corrected chi connectivity index (χ3v) is 7.84. The minimum Gasteiger partial charge on any atom is -0.455 e. The van der Waals surface area contributed by atoms with Crippen LogP contribution in [0.5, 0.6) is 11.5 Å². The van der Waals surface area contributed by atoms with E-state index in [1.165, 1.54) is 4.31 Å². The summed E-state index contributed by atoms with van der Waals surface area (Å²) in [6, 6.07) is 14.1. The number of aryl methyl sites for hydroxylation is 2. The van der Waals surface area contributed by atoms with Gasteiger partial charge >= 0.3 is 0 Å². The molecule has 0 saturated carbocycles. The van der Waals surface area contributed by atoms with Gasteiger partial charge in [0, 0.05) is 18.1 Å². The van der Waals surface area contributed by atoms with Gasteiger partial charge in [0.2, 0.25) is 15.9 Å². The molecule has 1 atom stereocenters. The summed E-state index contributed by atoms with van der Waals surface area (Å²) in [5, 5.41) is 7.06. The fourth-order valence-electron chi connectivity index (χ4n) is 3.89. The summed E-state index contributed by atoms with van der Waals surface area (Å²) in [6.45, 7) is 3.54. The van der Waals surface area contributed by atoms with E-state index in [4.69, 9.17) is 20.9 Å². The lowest BCUT2D eigenvalue weighted by atomic mass is 9.98. The SMILES string of the molecule is Cc1noc(C)c1S(=O)(=O)N1CCCC(C(=O)Nc2cc(Cl)ccc2Oc2ccccc2)C1. The molecule has 1 aliphatic rings. The number of hydrogen-bond donors (Lipinski definition) is 1. The van der Waals surface area contributed by atoms with E-state index in [-0.39, 0.29) is 23.1 Å². The van der Waals surface area contributed by atoms with Crippen LogP contribution in [0, 0.1) is 19.8 Å². The number of anilines is 1. The normalized spacial score (nSPS) is 17.0. The molecule has 10 heteroatoms. The Kier molecular flexibility index (Phi) is 6.73. The van der Waals surface area contributed by atoms with E-state index in [9.17, 15) is 13.2 Å². The van der Waals surface area contributed by atoms with Crippen molar-refractivity contribution in [3.8, 4) is 11.5 Å². The molecule has 1 unspecified atom stereocenters. The molecule has 1 saturated heterocycles. The average Bonchev–Trinajstić information content (AvgIpc) is 3.15. The van der Waals surface area contributed by atoms with E-state index < -0.39 is 15.9 Å². The number of carbonyl (C=O) groups excluding carboxylic acids is 1. The van der Waals surface area contributed by atoms with E-state index >= 15 is 0 Å². The highest BCUT2D eigenvalue weighted by molar-refractivity contribution is 7.89. The fraction of sp³-hybridized carbons (Fsp3) is 0.304. The zero-order valence-electron chi connectivity index (χ0n) is 18.2. The number of benzene rings is 2. The first-order valence-corrected chi connectivity index (χ1v) is 12.3. The van der Waals surface area contributed by atoms with Crippen molar-refractivity contribution in [2.24, 2.45) is 5.92 Å². The van der Waals surface area contributed by atoms with E-state index in [1.54, 1.807) is 44.2 Å². The summed E-state index contributed by atoms with van der Waals surface area (Å²) in [7, 11) is -3.82. The Morgan fingerprint density at radius 2 is 1.97 bits per heavy atom. The molecule has 2 aromatic carbocycles. The number of sulfonamides is 1. The molecule has 1 fully saturated rings. The smallest absolute Gasteiger partial charge is 0.248 e. The van der Waals surface area contributed by atoms with Crippen molar-refractivity contribution in [1.82, 2.24) is 9.46 Å². The van der Waals surface area contributed by atoms with Crippen LogP contribution in [0.2, 0.25) is 5.02 Å². The monoisotopic (exact) mass is 489 g/mol. The lowest BCUT2D eigenvalue weighted by Gasteiger charge is -2.31. The van der Waals surface area contributed by atoms with Crippen LogP contribution in [0.4, 0.5) is 5.69 Å². The number of para-hydroxylation sites is 1. The van der Waals surface area contributed by atoms with Crippen molar-refractivity contribution < 1.29 is 22.5 Å². The summed E-state index contributed by atoms with van der Waals surface area (Å²) in [4.78, 5) is 13.2. The van der Waals surface area contributed by atoms with Crippen LogP contribution < -0.4 is 10.1 Å². The number of ether oxygens (including phenoxy) is 1. The van der Waals surface area contributed by atoms with Gasteiger partial charge in [-0.15, -0.1) is 0 Å². The molecule has 8 nitrogen and oxygen atoms in total. The first kappa shape index (κ1) is 23.3. The van der Waals surface area contributed by atoms with Gasteiger partial charge in [0.05, 0.1) is 11.6 Å². The Hall–Kier alpha value is -2.88. The highest BCUT2D eigenvalue weighted by atomic mass is 35.5. The zero-order valence-corrected chi connectivity index (χ0v) is 19.8. The highest BCUT2D eigenvalue weighted by Crippen LogP contribution is 2.33. The molecule has 0 aliphatic carbocycles. The number of nitrogens with zero attached hydrogens (tertiary/aromatic N) is 2. The molecule has 0 radical (unpaired) electrons. The number of hydrogen-bond acceptors (Lipinski definition) is 6. The lowest BCUT2D eigenvalue weighted by molar-refractivity contribution is -0.120. The molecule has 33 heavy (non-hydrogen) atoms. The zero-order chi connectivity index (χ0) is 23.6. The molecular formula is C23H24ClN3O5S. The van der Waals surface area contributed by atoms with Crippen LogP contribution in [-0.2, 0) is 14.8 Å². The van der Waals surface area contributed by atoms with E-state index in [0.717, 1.165) is 0 Å². The van der Waals surface area contributed by atoms with Gasteiger partial charge in [-0.05, 0) is 57.0 Å². The second-order valence-corrected chi connectivity index (χ2v) is 10.2. The van der Waals surface area contributed by atoms with Crippen molar-refractivity contribution in [2.45, 2.75) is 31.6 Å². The van der Waals surface area contributed by atoms with E-state index in [2.05, 4.69) is 10.5 Å². The van der Waals surface area contributed by atoms with Crippen molar-refractivity contribution >= 4 is 33.2 Å². The van der Waals surface area contributed by atoms with Crippen LogP contribution in [0.3, 0.4) is 0 Å². The number of carbonyl (C=O) groups is 1. The maximum atomic E-state index is 13.2. The van der Waals surface area contributed by atoms with Crippen LogP contribution in [0.15, 0.2) is 57.9 Å². The Morgan fingerprint density at radius 3 is 2.67 bits per heavy atom. The molecule has 0 bridgehead atoms. The molecule has 0 spiro atoms. The number of halogens is 1. The summed E-state index contributed by atoms with van der Waals surface area (Å²) in [6.07, 6.45) is 1.12. The minimum absolute atomic E-state index is 0.0632. The largest absolute Gasteiger partial charge is 0.455 e. The van der Waals surface area contributed by atoms with Gasteiger partial charge in [-0.1, -0.05) is 35.0 Å². The van der Waals surface area contributed by atoms with Gasteiger partial charge in [0.25, 0.3) is 0 Å². The summed E-state index contributed by atoms with van der Waals surface area (Å²) in [5.41, 5.74) is 0.725. The van der Waals surface area contributed by atoms with Crippen molar-refractivity contribution in [1.29, 1.82) is 0 Å². The molecule has 174 valence electrons. The fourth-order valence-corrected chi connectivity index (χ4v) is 5.87. The number of rotatable bonds is 6. The molecule has 4 rings (SSSR count). The average molecular weight is 490 g/mol. The molecular weight excluding hydrogens is 466 g/mol. The van der Waals surface area contributed by atoms with Crippen LogP contribution >= 0.6 is 11.6 Å². The van der Waals surface area contributed by atoms with Gasteiger partial charge in [0.1, 0.15) is 16.3 Å². The number of piperidine rings is 1. The molecule has 2 heterocycles. The second kappa shape index (κ2) is 9.54. The Morgan fingerprint density at radius 1 is 1.21 bits per heavy atom. The Bertz CT molecular complexity index is 1240. The first-order valence-electron chi connectivity index (χ1n) is 10.5. The maximum absolute atomic E-state index is 13.2. The molecule has 3 aromatic rings. The summed E-state index contributed by atoms with van der Waals surface area (Å²) >= 11 is 6.15.